The molecule has 0 aliphatic rings. The fourth-order valence-electron chi connectivity index (χ4n) is 1.61. The molecule has 1 aromatic carbocycles. The first-order valence-corrected chi connectivity index (χ1v) is 7.05. The molecule has 0 spiro atoms. The van der Waals surface area contributed by atoms with Crippen molar-refractivity contribution >= 4 is 35.0 Å². The van der Waals surface area contributed by atoms with E-state index in [2.05, 4.69) is 9.97 Å². The second kappa shape index (κ2) is 6.11. The van der Waals surface area contributed by atoms with Gasteiger partial charge in [0.25, 0.3) is 5.56 Å². The maximum atomic E-state index is 12.2. The number of carbonyl (C=O) groups is 1. The summed E-state index contributed by atoms with van der Waals surface area (Å²) in [6.45, 7) is 1.73. The molecular formula is C13H12ClN3O2S. The molecule has 0 unspecified atom stereocenters. The summed E-state index contributed by atoms with van der Waals surface area (Å²) in [6, 6.07) is 7.91. The van der Waals surface area contributed by atoms with Crippen molar-refractivity contribution in [2.75, 3.05) is 5.73 Å². The van der Waals surface area contributed by atoms with Gasteiger partial charge in [0.05, 0.1) is 5.25 Å². The Kier molecular flexibility index (Phi) is 4.46. The van der Waals surface area contributed by atoms with E-state index in [0.29, 0.717) is 15.7 Å². The number of nitrogen functional groups attached to an aromatic ring is 1. The van der Waals surface area contributed by atoms with Crippen LogP contribution in [0.4, 0.5) is 5.82 Å². The number of hydrogen-bond donors (Lipinski definition) is 2. The highest BCUT2D eigenvalue weighted by molar-refractivity contribution is 8.00. The van der Waals surface area contributed by atoms with E-state index >= 15 is 0 Å². The molecule has 0 saturated heterocycles. The summed E-state index contributed by atoms with van der Waals surface area (Å²) in [7, 11) is 0. The molecule has 5 nitrogen and oxygen atoms in total. The second-order valence-corrected chi connectivity index (χ2v) is 5.88. The Morgan fingerprint density at radius 2 is 2.20 bits per heavy atom. The highest BCUT2D eigenvalue weighted by Gasteiger charge is 2.18. The summed E-state index contributed by atoms with van der Waals surface area (Å²) in [5.41, 5.74) is 5.67. The van der Waals surface area contributed by atoms with E-state index in [1.54, 1.807) is 31.2 Å². The standard InChI is InChI=1S/C13H12ClN3O2S/c1-7(12(19)8-3-2-4-9(14)5-8)20-13-16-10(15)6-11(18)17-13/h2-7H,1H3,(H3,15,16,17,18)/t7-/m0/s1. The summed E-state index contributed by atoms with van der Waals surface area (Å²) in [4.78, 5) is 30.0. The van der Waals surface area contributed by atoms with Crippen LogP contribution in [0.5, 0.6) is 0 Å². The van der Waals surface area contributed by atoms with Crippen molar-refractivity contribution in [3.05, 3.63) is 51.3 Å². The Bertz CT molecular complexity index is 702. The van der Waals surface area contributed by atoms with Crippen molar-refractivity contribution in [1.29, 1.82) is 0 Å². The topological polar surface area (TPSA) is 88.8 Å². The number of nitrogens with one attached hydrogen (secondary N) is 1. The van der Waals surface area contributed by atoms with Crippen LogP contribution in [0.3, 0.4) is 0 Å². The van der Waals surface area contributed by atoms with E-state index in [-0.39, 0.29) is 17.2 Å². The lowest BCUT2D eigenvalue weighted by atomic mass is 10.1. The van der Waals surface area contributed by atoms with E-state index < -0.39 is 5.25 Å². The lowest BCUT2D eigenvalue weighted by Crippen LogP contribution is -2.16. The van der Waals surface area contributed by atoms with E-state index in [0.717, 1.165) is 11.8 Å². The molecule has 20 heavy (non-hydrogen) atoms. The molecular weight excluding hydrogens is 298 g/mol. The van der Waals surface area contributed by atoms with Gasteiger partial charge in [-0.3, -0.25) is 9.59 Å². The third-order valence-corrected chi connectivity index (χ3v) is 3.73. The molecule has 2 rings (SSSR count). The monoisotopic (exact) mass is 309 g/mol. The highest BCUT2D eigenvalue weighted by atomic mass is 35.5. The van der Waals surface area contributed by atoms with Gasteiger partial charge in [0.1, 0.15) is 5.82 Å². The first-order valence-electron chi connectivity index (χ1n) is 5.79. The Labute approximate surface area is 124 Å². The average molecular weight is 310 g/mol. The first-order chi connectivity index (χ1) is 9.45. The van der Waals surface area contributed by atoms with E-state index in [1.165, 1.54) is 6.07 Å². The summed E-state index contributed by atoms with van der Waals surface area (Å²) in [5, 5.41) is 0.403. The quantitative estimate of drug-likeness (QED) is 0.514. The smallest absolute Gasteiger partial charge is 0.253 e. The summed E-state index contributed by atoms with van der Waals surface area (Å²) >= 11 is 7.00. The Morgan fingerprint density at radius 1 is 1.45 bits per heavy atom. The van der Waals surface area contributed by atoms with E-state index in [4.69, 9.17) is 17.3 Å². The van der Waals surface area contributed by atoms with Crippen LogP contribution in [0.25, 0.3) is 0 Å². The number of Topliss-reactive ketones (excluding diaryl/α,β-unsaturated/α-hetero) is 1. The number of H-pyrrole nitrogens is 1. The van der Waals surface area contributed by atoms with Gasteiger partial charge in [-0.15, -0.1) is 0 Å². The number of carbonyl (C=O) groups excluding carboxylic acids is 1. The minimum atomic E-state index is -0.418. The van der Waals surface area contributed by atoms with Crippen molar-refractivity contribution in [2.45, 2.75) is 17.3 Å². The van der Waals surface area contributed by atoms with Crippen molar-refractivity contribution in [3.63, 3.8) is 0 Å². The maximum Gasteiger partial charge on any atom is 0.253 e. The fourth-order valence-corrected chi connectivity index (χ4v) is 2.69. The zero-order chi connectivity index (χ0) is 14.7. The van der Waals surface area contributed by atoms with Crippen LogP contribution in [-0.4, -0.2) is 21.0 Å². The highest BCUT2D eigenvalue weighted by Crippen LogP contribution is 2.23. The molecule has 7 heteroatoms. The molecule has 2 aromatic rings. The van der Waals surface area contributed by atoms with Crippen molar-refractivity contribution in [3.8, 4) is 0 Å². The minimum Gasteiger partial charge on any atom is -0.383 e. The number of anilines is 1. The van der Waals surface area contributed by atoms with E-state index in [9.17, 15) is 9.59 Å². The molecule has 0 fully saturated rings. The molecule has 0 bridgehead atoms. The van der Waals surface area contributed by atoms with Crippen LogP contribution >= 0.6 is 23.4 Å². The molecule has 0 aliphatic heterocycles. The third-order valence-electron chi connectivity index (χ3n) is 2.51. The van der Waals surface area contributed by atoms with Gasteiger partial charge in [-0.05, 0) is 19.1 Å². The van der Waals surface area contributed by atoms with Gasteiger partial charge in [0.2, 0.25) is 0 Å². The zero-order valence-electron chi connectivity index (χ0n) is 10.6. The van der Waals surface area contributed by atoms with Crippen molar-refractivity contribution in [2.24, 2.45) is 0 Å². The number of nitrogens with two attached hydrogens (primary N) is 1. The molecule has 3 N–H and O–H groups in total. The molecule has 0 amide bonds. The van der Waals surface area contributed by atoms with Crippen molar-refractivity contribution < 1.29 is 4.79 Å². The average Bonchev–Trinajstić information content (AvgIpc) is 2.36. The Morgan fingerprint density at radius 3 is 2.85 bits per heavy atom. The van der Waals surface area contributed by atoms with Gasteiger partial charge in [-0.2, -0.15) is 0 Å². The lowest BCUT2D eigenvalue weighted by Gasteiger charge is -2.09. The third kappa shape index (κ3) is 3.61. The predicted octanol–water partition coefficient (Wildman–Crippen LogP) is 2.37. The Hall–Kier alpha value is -1.79. The number of halogens is 1. The summed E-state index contributed by atoms with van der Waals surface area (Å²) in [5.74, 6) is 0.0289. The van der Waals surface area contributed by atoms with Crippen LogP contribution in [0, 0.1) is 0 Å². The molecule has 1 aromatic heterocycles. The maximum absolute atomic E-state index is 12.2. The summed E-state index contributed by atoms with van der Waals surface area (Å²) < 4.78 is 0. The zero-order valence-corrected chi connectivity index (χ0v) is 12.2. The van der Waals surface area contributed by atoms with Gasteiger partial charge in [-0.1, -0.05) is 35.5 Å². The molecule has 1 atom stereocenters. The number of hydrogen-bond acceptors (Lipinski definition) is 5. The molecule has 0 saturated carbocycles. The van der Waals surface area contributed by atoms with Crippen LogP contribution in [0.1, 0.15) is 17.3 Å². The molecule has 0 radical (unpaired) electrons. The van der Waals surface area contributed by atoms with Gasteiger partial charge in [0.15, 0.2) is 10.9 Å². The van der Waals surface area contributed by atoms with Gasteiger partial charge < -0.3 is 10.7 Å². The minimum absolute atomic E-state index is 0.0948. The number of thioether (sulfide) groups is 1. The Balaban J connectivity index is 2.17. The summed E-state index contributed by atoms with van der Waals surface area (Å²) in [6.07, 6.45) is 0. The van der Waals surface area contributed by atoms with Crippen LogP contribution < -0.4 is 11.3 Å². The number of nitrogens with zero attached hydrogens (tertiary/aromatic N) is 1. The predicted molar refractivity (Wildman–Crippen MR) is 80.4 cm³/mol. The van der Waals surface area contributed by atoms with Crippen LogP contribution in [0.15, 0.2) is 40.3 Å². The molecule has 104 valence electrons. The van der Waals surface area contributed by atoms with Gasteiger partial charge in [-0.25, -0.2) is 4.98 Å². The molecule has 1 heterocycles. The van der Waals surface area contributed by atoms with Crippen LogP contribution in [0.2, 0.25) is 5.02 Å². The normalized spacial score (nSPS) is 12.1. The first kappa shape index (κ1) is 14.6. The number of aromatic amines is 1. The van der Waals surface area contributed by atoms with Crippen molar-refractivity contribution in [1.82, 2.24) is 9.97 Å². The fraction of sp³-hybridized carbons (Fsp3) is 0.154. The number of benzene rings is 1. The number of ketones is 1. The van der Waals surface area contributed by atoms with Crippen LogP contribution in [-0.2, 0) is 0 Å². The SMILES string of the molecule is C[C@H](Sc1nc(N)cc(=O)[nH]1)C(=O)c1cccc(Cl)c1. The van der Waals surface area contributed by atoms with Gasteiger partial charge >= 0.3 is 0 Å². The van der Waals surface area contributed by atoms with E-state index in [1.807, 2.05) is 0 Å². The number of aromatic nitrogens is 2. The second-order valence-electron chi connectivity index (χ2n) is 4.11. The number of rotatable bonds is 4. The molecule has 0 aliphatic carbocycles. The lowest BCUT2D eigenvalue weighted by molar-refractivity contribution is 0.0994. The van der Waals surface area contributed by atoms with Gasteiger partial charge in [0, 0.05) is 16.7 Å². The largest absolute Gasteiger partial charge is 0.383 e.